The predicted molar refractivity (Wildman–Crippen MR) is 84.0 cm³/mol. The van der Waals surface area contributed by atoms with Gasteiger partial charge in [-0.25, -0.2) is 0 Å². The summed E-state index contributed by atoms with van der Waals surface area (Å²) in [6, 6.07) is 13.2. The van der Waals surface area contributed by atoms with Gasteiger partial charge >= 0.3 is 10.1 Å². The van der Waals surface area contributed by atoms with Gasteiger partial charge in [-0.05, 0) is 48.4 Å². The van der Waals surface area contributed by atoms with Gasteiger partial charge in [-0.15, -0.1) is 0 Å². The molecule has 2 aromatic carbocycles. The molecule has 112 valence electrons. The minimum absolute atomic E-state index is 0.120. The average molecular weight is 371 g/mol. The maximum atomic E-state index is 12.1. The van der Waals surface area contributed by atoms with E-state index in [1.807, 2.05) is 12.1 Å². The fourth-order valence-corrected chi connectivity index (χ4v) is 2.90. The van der Waals surface area contributed by atoms with E-state index in [1.165, 1.54) is 12.1 Å². The molecule has 4 nitrogen and oxygen atoms in total. The third-order valence-corrected chi connectivity index (χ3v) is 4.62. The van der Waals surface area contributed by atoms with E-state index < -0.39 is 10.1 Å². The van der Waals surface area contributed by atoms with E-state index in [1.54, 1.807) is 31.4 Å². The highest BCUT2D eigenvalue weighted by atomic mass is 79.9. The summed E-state index contributed by atoms with van der Waals surface area (Å²) >= 11 is 3.26. The SMILES string of the molecule is COCCc1ccc(OS(=O)(=O)c2ccc(Br)cc2)cc1. The minimum atomic E-state index is -3.81. The van der Waals surface area contributed by atoms with Gasteiger partial charge < -0.3 is 8.92 Å². The number of hydrogen-bond donors (Lipinski definition) is 0. The molecule has 0 spiro atoms. The van der Waals surface area contributed by atoms with Crippen molar-refractivity contribution in [2.24, 2.45) is 0 Å². The lowest BCUT2D eigenvalue weighted by atomic mass is 10.1. The lowest BCUT2D eigenvalue weighted by molar-refractivity contribution is 0.202. The van der Waals surface area contributed by atoms with Crippen LogP contribution in [0, 0.1) is 0 Å². The van der Waals surface area contributed by atoms with Crippen molar-refractivity contribution in [3.63, 3.8) is 0 Å². The first kappa shape index (κ1) is 16.0. The molecular weight excluding hydrogens is 356 g/mol. The molecule has 0 N–H and O–H groups in total. The highest BCUT2D eigenvalue weighted by Crippen LogP contribution is 2.21. The van der Waals surface area contributed by atoms with Crippen LogP contribution in [0.5, 0.6) is 5.75 Å². The van der Waals surface area contributed by atoms with Gasteiger partial charge in [-0.1, -0.05) is 28.1 Å². The van der Waals surface area contributed by atoms with Crippen molar-refractivity contribution in [1.82, 2.24) is 0 Å². The molecule has 0 saturated carbocycles. The topological polar surface area (TPSA) is 52.6 Å². The Kier molecular flexibility index (Phi) is 5.39. The Bertz CT molecular complexity index is 679. The van der Waals surface area contributed by atoms with E-state index in [0.29, 0.717) is 12.4 Å². The number of hydrogen-bond acceptors (Lipinski definition) is 4. The second kappa shape index (κ2) is 7.06. The highest BCUT2D eigenvalue weighted by molar-refractivity contribution is 9.10. The zero-order valence-corrected chi connectivity index (χ0v) is 13.9. The molecule has 2 aromatic rings. The van der Waals surface area contributed by atoms with E-state index in [0.717, 1.165) is 16.5 Å². The van der Waals surface area contributed by atoms with Crippen LogP contribution in [0.25, 0.3) is 0 Å². The van der Waals surface area contributed by atoms with Gasteiger partial charge in [0.2, 0.25) is 0 Å². The number of methoxy groups -OCH3 is 1. The van der Waals surface area contributed by atoms with Crippen LogP contribution in [0.15, 0.2) is 57.9 Å². The highest BCUT2D eigenvalue weighted by Gasteiger charge is 2.16. The van der Waals surface area contributed by atoms with Crippen LogP contribution in [-0.2, 0) is 21.3 Å². The zero-order chi connectivity index (χ0) is 15.3. The number of rotatable bonds is 6. The molecule has 0 saturated heterocycles. The molecule has 0 atom stereocenters. The second-order valence-corrected chi connectivity index (χ2v) is 6.84. The van der Waals surface area contributed by atoms with Gasteiger partial charge in [0.15, 0.2) is 0 Å². The van der Waals surface area contributed by atoms with Crippen LogP contribution in [0.1, 0.15) is 5.56 Å². The standard InChI is InChI=1S/C15H15BrO4S/c1-19-11-10-12-2-6-14(7-3-12)20-21(17,18)15-8-4-13(16)5-9-15/h2-9H,10-11H2,1H3. The summed E-state index contributed by atoms with van der Waals surface area (Å²) in [6.45, 7) is 0.622. The molecule has 0 aromatic heterocycles. The first-order valence-corrected chi connectivity index (χ1v) is 8.49. The van der Waals surface area contributed by atoms with E-state index in [4.69, 9.17) is 8.92 Å². The molecular formula is C15H15BrO4S. The second-order valence-electron chi connectivity index (χ2n) is 4.38. The molecule has 0 aliphatic carbocycles. The Hall–Kier alpha value is -1.37. The Balaban J connectivity index is 2.11. The Morgan fingerprint density at radius 3 is 2.19 bits per heavy atom. The Labute approximate surface area is 133 Å². The van der Waals surface area contributed by atoms with E-state index in [-0.39, 0.29) is 4.90 Å². The number of benzene rings is 2. The molecule has 0 radical (unpaired) electrons. The minimum Gasteiger partial charge on any atom is -0.384 e. The van der Waals surface area contributed by atoms with Gasteiger partial charge in [-0.2, -0.15) is 8.42 Å². The van der Waals surface area contributed by atoms with Crippen LogP contribution in [-0.4, -0.2) is 22.1 Å². The summed E-state index contributed by atoms with van der Waals surface area (Å²) in [7, 11) is -2.16. The molecule has 21 heavy (non-hydrogen) atoms. The first-order chi connectivity index (χ1) is 10.0. The molecule has 0 aliphatic rings. The third-order valence-electron chi connectivity index (χ3n) is 2.83. The Morgan fingerprint density at radius 1 is 1.00 bits per heavy atom. The summed E-state index contributed by atoms with van der Waals surface area (Å²) in [5, 5.41) is 0. The van der Waals surface area contributed by atoms with Gasteiger partial charge in [-0.3, -0.25) is 0 Å². The monoisotopic (exact) mass is 370 g/mol. The largest absolute Gasteiger partial charge is 0.384 e. The van der Waals surface area contributed by atoms with Crippen molar-refractivity contribution in [2.45, 2.75) is 11.3 Å². The average Bonchev–Trinajstić information content (AvgIpc) is 2.47. The van der Waals surface area contributed by atoms with Crippen LogP contribution in [0.2, 0.25) is 0 Å². The molecule has 0 bridgehead atoms. The number of ether oxygens (including phenoxy) is 1. The van der Waals surface area contributed by atoms with Crippen molar-refractivity contribution in [3.8, 4) is 5.75 Å². The smallest absolute Gasteiger partial charge is 0.339 e. The van der Waals surface area contributed by atoms with Crippen molar-refractivity contribution >= 4 is 26.0 Å². The van der Waals surface area contributed by atoms with E-state index >= 15 is 0 Å². The van der Waals surface area contributed by atoms with Gasteiger partial charge in [0.1, 0.15) is 10.6 Å². The normalized spacial score (nSPS) is 11.3. The van der Waals surface area contributed by atoms with Crippen LogP contribution in [0.4, 0.5) is 0 Å². The quantitative estimate of drug-likeness (QED) is 0.731. The maximum Gasteiger partial charge on any atom is 0.339 e. The zero-order valence-electron chi connectivity index (χ0n) is 11.5. The van der Waals surface area contributed by atoms with Crippen molar-refractivity contribution in [2.75, 3.05) is 13.7 Å². The first-order valence-electron chi connectivity index (χ1n) is 6.29. The third kappa shape index (κ3) is 4.56. The summed E-state index contributed by atoms with van der Waals surface area (Å²) in [5.41, 5.74) is 1.06. The fraction of sp³-hybridized carbons (Fsp3) is 0.200. The number of halogens is 1. The van der Waals surface area contributed by atoms with Crippen LogP contribution in [0.3, 0.4) is 0 Å². The van der Waals surface area contributed by atoms with Gasteiger partial charge in [0, 0.05) is 11.6 Å². The lowest BCUT2D eigenvalue weighted by Crippen LogP contribution is -2.09. The molecule has 0 unspecified atom stereocenters. The molecule has 0 aliphatic heterocycles. The summed E-state index contributed by atoms with van der Waals surface area (Å²) in [4.78, 5) is 0.120. The molecule has 0 amide bonds. The summed E-state index contributed by atoms with van der Waals surface area (Å²) in [6.07, 6.45) is 0.774. The van der Waals surface area contributed by atoms with E-state index in [9.17, 15) is 8.42 Å². The summed E-state index contributed by atoms with van der Waals surface area (Å²) < 4.78 is 35.1. The molecule has 6 heteroatoms. The molecule has 0 heterocycles. The maximum absolute atomic E-state index is 12.1. The van der Waals surface area contributed by atoms with Crippen molar-refractivity contribution < 1.29 is 17.3 Å². The Morgan fingerprint density at radius 2 is 1.62 bits per heavy atom. The van der Waals surface area contributed by atoms with Crippen LogP contribution < -0.4 is 4.18 Å². The van der Waals surface area contributed by atoms with Crippen molar-refractivity contribution in [1.29, 1.82) is 0 Å². The van der Waals surface area contributed by atoms with Gasteiger partial charge in [0.25, 0.3) is 0 Å². The fourth-order valence-electron chi connectivity index (χ4n) is 1.71. The predicted octanol–water partition coefficient (Wildman–Crippen LogP) is 3.41. The van der Waals surface area contributed by atoms with Crippen molar-refractivity contribution in [3.05, 3.63) is 58.6 Å². The molecule has 2 rings (SSSR count). The van der Waals surface area contributed by atoms with Crippen LogP contribution >= 0.6 is 15.9 Å². The lowest BCUT2D eigenvalue weighted by Gasteiger charge is -2.08. The van der Waals surface area contributed by atoms with E-state index in [2.05, 4.69) is 15.9 Å². The summed E-state index contributed by atoms with van der Waals surface area (Å²) in [5.74, 6) is 0.291. The molecule has 0 fully saturated rings. The van der Waals surface area contributed by atoms with Gasteiger partial charge in [0.05, 0.1) is 6.61 Å².